The normalized spacial score (nSPS) is 11.8. The van der Waals surface area contributed by atoms with Crippen molar-refractivity contribution in [3.05, 3.63) is 63.6 Å². The van der Waals surface area contributed by atoms with Crippen molar-refractivity contribution in [1.82, 2.24) is 5.32 Å². The molecular formula is C17H17Cl2NO2. The van der Waals surface area contributed by atoms with E-state index >= 15 is 0 Å². The predicted molar refractivity (Wildman–Crippen MR) is 89.7 cm³/mol. The summed E-state index contributed by atoms with van der Waals surface area (Å²) in [7, 11) is 0. The van der Waals surface area contributed by atoms with Crippen LogP contribution < -0.4 is 10.1 Å². The standard InChI is InChI=1S/C17H17Cl2NO2/c1-11-6-7-15(19)16(8-11)22-10-17(21)20-12(2)13-4-3-5-14(18)9-13/h3-9,12H,10H2,1-2H3,(H,20,21)/t12-/m1/s1. The molecule has 2 aromatic rings. The molecule has 0 radical (unpaired) electrons. The van der Waals surface area contributed by atoms with Gasteiger partial charge in [-0.15, -0.1) is 0 Å². The van der Waals surface area contributed by atoms with Crippen LogP contribution in [0.4, 0.5) is 0 Å². The summed E-state index contributed by atoms with van der Waals surface area (Å²) in [4.78, 5) is 12.0. The Morgan fingerprint density at radius 2 is 2.00 bits per heavy atom. The molecule has 0 saturated carbocycles. The van der Waals surface area contributed by atoms with E-state index in [2.05, 4.69) is 5.32 Å². The number of rotatable bonds is 5. The van der Waals surface area contributed by atoms with Crippen molar-refractivity contribution in [2.24, 2.45) is 0 Å². The van der Waals surface area contributed by atoms with Gasteiger partial charge in [0.25, 0.3) is 5.91 Å². The van der Waals surface area contributed by atoms with Gasteiger partial charge in [-0.2, -0.15) is 0 Å². The molecule has 0 fully saturated rings. The van der Waals surface area contributed by atoms with Crippen molar-refractivity contribution < 1.29 is 9.53 Å². The lowest BCUT2D eigenvalue weighted by Gasteiger charge is -2.15. The summed E-state index contributed by atoms with van der Waals surface area (Å²) in [5.41, 5.74) is 1.96. The topological polar surface area (TPSA) is 38.3 Å². The monoisotopic (exact) mass is 337 g/mol. The van der Waals surface area contributed by atoms with E-state index in [1.54, 1.807) is 18.2 Å². The molecular weight excluding hydrogens is 321 g/mol. The third-order valence-corrected chi connectivity index (χ3v) is 3.72. The van der Waals surface area contributed by atoms with Crippen LogP contribution in [0.15, 0.2) is 42.5 Å². The van der Waals surface area contributed by atoms with Gasteiger partial charge in [0, 0.05) is 5.02 Å². The summed E-state index contributed by atoms with van der Waals surface area (Å²) in [5.74, 6) is 0.289. The highest BCUT2D eigenvalue weighted by Gasteiger charge is 2.11. The molecule has 0 unspecified atom stereocenters. The van der Waals surface area contributed by atoms with E-state index in [-0.39, 0.29) is 18.6 Å². The zero-order chi connectivity index (χ0) is 16.1. The maximum atomic E-state index is 12.0. The Bertz CT molecular complexity index is 673. The smallest absolute Gasteiger partial charge is 0.258 e. The molecule has 0 bridgehead atoms. The molecule has 0 aromatic heterocycles. The fourth-order valence-electron chi connectivity index (χ4n) is 2.01. The van der Waals surface area contributed by atoms with Crippen LogP contribution in [0, 0.1) is 6.92 Å². The maximum absolute atomic E-state index is 12.0. The number of benzene rings is 2. The largest absolute Gasteiger partial charge is 0.482 e. The molecule has 0 heterocycles. The van der Waals surface area contributed by atoms with Crippen molar-refractivity contribution >= 4 is 29.1 Å². The Kier molecular flexibility index (Phi) is 5.69. The lowest BCUT2D eigenvalue weighted by atomic mass is 10.1. The number of carbonyl (C=O) groups excluding carboxylic acids is 1. The highest BCUT2D eigenvalue weighted by molar-refractivity contribution is 6.32. The van der Waals surface area contributed by atoms with Crippen molar-refractivity contribution in [2.75, 3.05) is 6.61 Å². The van der Waals surface area contributed by atoms with Gasteiger partial charge in [0.15, 0.2) is 6.61 Å². The van der Waals surface area contributed by atoms with Crippen LogP contribution in [-0.2, 0) is 4.79 Å². The Hall–Kier alpha value is -1.71. The Labute approximate surface area is 140 Å². The molecule has 0 aliphatic heterocycles. The molecule has 3 nitrogen and oxygen atoms in total. The third-order valence-electron chi connectivity index (χ3n) is 3.17. The van der Waals surface area contributed by atoms with E-state index < -0.39 is 0 Å². The molecule has 5 heteroatoms. The van der Waals surface area contributed by atoms with E-state index in [4.69, 9.17) is 27.9 Å². The Morgan fingerprint density at radius 1 is 1.23 bits per heavy atom. The quantitative estimate of drug-likeness (QED) is 0.868. The van der Waals surface area contributed by atoms with Gasteiger partial charge in [0.1, 0.15) is 5.75 Å². The van der Waals surface area contributed by atoms with E-state index in [9.17, 15) is 4.79 Å². The van der Waals surface area contributed by atoms with Crippen molar-refractivity contribution in [1.29, 1.82) is 0 Å². The van der Waals surface area contributed by atoms with Gasteiger partial charge in [-0.05, 0) is 49.2 Å². The second kappa shape index (κ2) is 7.52. The Balaban J connectivity index is 1.91. The number of nitrogens with one attached hydrogen (secondary N) is 1. The fraction of sp³-hybridized carbons (Fsp3) is 0.235. The summed E-state index contributed by atoms with van der Waals surface area (Å²) in [5, 5.41) is 3.99. The first-order valence-electron chi connectivity index (χ1n) is 6.89. The second-order valence-corrected chi connectivity index (χ2v) is 5.91. The maximum Gasteiger partial charge on any atom is 0.258 e. The summed E-state index contributed by atoms with van der Waals surface area (Å²) >= 11 is 12.0. The number of hydrogen-bond acceptors (Lipinski definition) is 2. The lowest BCUT2D eigenvalue weighted by molar-refractivity contribution is -0.123. The highest BCUT2D eigenvalue weighted by atomic mass is 35.5. The molecule has 116 valence electrons. The first-order valence-corrected chi connectivity index (χ1v) is 7.65. The first-order chi connectivity index (χ1) is 10.5. The molecule has 1 amide bonds. The van der Waals surface area contributed by atoms with Crippen LogP contribution in [0.25, 0.3) is 0 Å². The van der Waals surface area contributed by atoms with Gasteiger partial charge < -0.3 is 10.1 Å². The van der Waals surface area contributed by atoms with Crippen molar-refractivity contribution in [3.63, 3.8) is 0 Å². The van der Waals surface area contributed by atoms with Crippen LogP contribution in [-0.4, -0.2) is 12.5 Å². The molecule has 2 rings (SSSR count). The summed E-state index contributed by atoms with van der Waals surface area (Å²) in [6.45, 7) is 3.74. The molecule has 22 heavy (non-hydrogen) atoms. The number of carbonyl (C=O) groups is 1. The number of amides is 1. The minimum absolute atomic E-state index is 0.0892. The minimum atomic E-state index is -0.218. The van der Waals surface area contributed by atoms with Gasteiger partial charge in [-0.1, -0.05) is 41.4 Å². The summed E-state index contributed by atoms with van der Waals surface area (Å²) in [6, 6.07) is 12.7. The molecule has 0 spiro atoms. The van der Waals surface area contributed by atoms with Crippen molar-refractivity contribution in [2.45, 2.75) is 19.9 Å². The fourth-order valence-corrected chi connectivity index (χ4v) is 2.38. The van der Waals surface area contributed by atoms with Crippen LogP contribution in [0.1, 0.15) is 24.1 Å². The zero-order valence-corrected chi connectivity index (χ0v) is 13.9. The second-order valence-electron chi connectivity index (χ2n) is 5.07. The van der Waals surface area contributed by atoms with Crippen LogP contribution >= 0.6 is 23.2 Å². The van der Waals surface area contributed by atoms with Gasteiger partial charge in [-0.3, -0.25) is 4.79 Å². The van der Waals surface area contributed by atoms with E-state index in [1.165, 1.54) is 0 Å². The molecule has 0 aliphatic carbocycles. The van der Waals surface area contributed by atoms with Crippen LogP contribution in [0.5, 0.6) is 5.75 Å². The minimum Gasteiger partial charge on any atom is -0.482 e. The molecule has 1 atom stereocenters. The van der Waals surface area contributed by atoms with Gasteiger partial charge in [-0.25, -0.2) is 0 Å². The number of aryl methyl sites for hydroxylation is 1. The average Bonchev–Trinajstić information content (AvgIpc) is 2.48. The summed E-state index contributed by atoms with van der Waals surface area (Å²) in [6.07, 6.45) is 0. The number of halogens is 2. The van der Waals surface area contributed by atoms with Crippen LogP contribution in [0.2, 0.25) is 10.0 Å². The first kappa shape index (κ1) is 16.7. The molecule has 2 aromatic carbocycles. The molecule has 1 N–H and O–H groups in total. The van der Waals surface area contributed by atoms with Gasteiger partial charge in [0.2, 0.25) is 0 Å². The highest BCUT2D eigenvalue weighted by Crippen LogP contribution is 2.25. The Morgan fingerprint density at radius 3 is 2.73 bits per heavy atom. The zero-order valence-electron chi connectivity index (χ0n) is 12.4. The number of hydrogen-bond donors (Lipinski definition) is 1. The number of ether oxygens (including phenoxy) is 1. The van der Waals surface area contributed by atoms with E-state index in [0.717, 1.165) is 11.1 Å². The molecule has 0 saturated heterocycles. The lowest BCUT2D eigenvalue weighted by Crippen LogP contribution is -2.31. The van der Waals surface area contributed by atoms with Crippen LogP contribution in [0.3, 0.4) is 0 Å². The third kappa shape index (κ3) is 4.65. The SMILES string of the molecule is Cc1ccc(Cl)c(OCC(=O)N[C@H](C)c2cccc(Cl)c2)c1. The molecule has 0 aliphatic rings. The van der Waals surface area contributed by atoms with E-state index in [0.29, 0.717) is 15.8 Å². The van der Waals surface area contributed by atoms with Crippen molar-refractivity contribution in [3.8, 4) is 5.75 Å². The average molecular weight is 338 g/mol. The summed E-state index contributed by atoms with van der Waals surface area (Å²) < 4.78 is 5.47. The van der Waals surface area contributed by atoms with Gasteiger partial charge >= 0.3 is 0 Å². The van der Waals surface area contributed by atoms with E-state index in [1.807, 2.05) is 38.1 Å². The predicted octanol–water partition coefficient (Wildman–Crippen LogP) is 4.56. The van der Waals surface area contributed by atoms with Gasteiger partial charge in [0.05, 0.1) is 11.1 Å².